The highest BCUT2D eigenvalue weighted by molar-refractivity contribution is 5.86. The normalized spacial score (nSPS) is 11.1. The zero-order valence-corrected chi connectivity index (χ0v) is 13.2. The van der Waals surface area contributed by atoms with Gasteiger partial charge in [-0.25, -0.2) is 14.4 Å². The number of non-ortho nitro benzene ring substituents is 1. The molecular formula is C16H11FN6O3. The van der Waals surface area contributed by atoms with E-state index in [9.17, 15) is 14.5 Å². The van der Waals surface area contributed by atoms with Crippen molar-refractivity contribution in [1.29, 1.82) is 0 Å². The first-order chi connectivity index (χ1) is 12.5. The van der Waals surface area contributed by atoms with Crippen molar-refractivity contribution in [2.45, 2.75) is 6.54 Å². The molecule has 0 atom stereocenters. The van der Waals surface area contributed by atoms with Crippen LogP contribution in [0.2, 0.25) is 0 Å². The summed E-state index contributed by atoms with van der Waals surface area (Å²) in [5, 5.41) is 10.9. The zero-order chi connectivity index (χ0) is 18.3. The standard InChI is InChI=1S/C16H11FN6O3/c17-11-4-3-10(23(24)25)6-9(11)7-22-8-19-14-13(12-2-1-5-26-12)20-16(18)21-15(14)22/h1-6,8H,7H2,(H2,18,20,21). The van der Waals surface area contributed by atoms with Crippen LogP contribution in [0.25, 0.3) is 22.6 Å². The molecule has 3 aromatic heterocycles. The van der Waals surface area contributed by atoms with Gasteiger partial charge in [-0.1, -0.05) is 0 Å². The number of nitro benzene ring substituents is 1. The van der Waals surface area contributed by atoms with E-state index in [1.807, 2.05) is 0 Å². The number of anilines is 1. The van der Waals surface area contributed by atoms with E-state index in [4.69, 9.17) is 10.2 Å². The fraction of sp³-hybridized carbons (Fsp3) is 0.0625. The minimum absolute atomic E-state index is 0.00192. The fourth-order valence-corrected chi connectivity index (χ4v) is 2.64. The number of benzene rings is 1. The molecular weight excluding hydrogens is 343 g/mol. The molecule has 2 N–H and O–H groups in total. The molecule has 3 heterocycles. The summed E-state index contributed by atoms with van der Waals surface area (Å²) in [5.74, 6) is -0.0909. The summed E-state index contributed by atoms with van der Waals surface area (Å²) in [6, 6.07) is 6.76. The van der Waals surface area contributed by atoms with Crippen LogP contribution in [0, 0.1) is 15.9 Å². The van der Waals surface area contributed by atoms with Crippen LogP contribution in [0.3, 0.4) is 0 Å². The van der Waals surface area contributed by atoms with Crippen molar-refractivity contribution in [2.24, 2.45) is 0 Å². The molecule has 0 fully saturated rings. The lowest BCUT2D eigenvalue weighted by Gasteiger charge is -2.06. The third-order valence-electron chi connectivity index (χ3n) is 3.82. The molecule has 1 aromatic carbocycles. The van der Waals surface area contributed by atoms with Gasteiger partial charge in [0.25, 0.3) is 5.69 Å². The monoisotopic (exact) mass is 354 g/mol. The average molecular weight is 354 g/mol. The van der Waals surface area contributed by atoms with E-state index in [-0.39, 0.29) is 23.7 Å². The number of nitrogens with two attached hydrogens (primary N) is 1. The lowest BCUT2D eigenvalue weighted by Crippen LogP contribution is -2.05. The van der Waals surface area contributed by atoms with Gasteiger partial charge in [0.15, 0.2) is 11.4 Å². The molecule has 0 unspecified atom stereocenters. The molecule has 0 bridgehead atoms. The molecule has 0 saturated heterocycles. The molecule has 0 spiro atoms. The summed E-state index contributed by atoms with van der Waals surface area (Å²) in [6.45, 7) is -0.00192. The van der Waals surface area contributed by atoms with E-state index < -0.39 is 10.7 Å². The second-order valence-corrected chi connectivity index (χ2v) is 5.49. The first-order valence-electron chi connectivity index (χ1n) is 7.48. The Morgan fingerprint density at radius 3 is 2.88 bits per heavy atom. The predicted molar refractivity (Wildman–Crippen MR) is 89.6 cm³/mol. The van der Waals surface area contributed by atoms with E-state index in [1.54, 1.807) is 16.7 Å². The second kappa shape index (κ2) is 5.92. The summed E-state index contributed by atoms with van der Waals surface area (Å²) in [7, 11) is 0. The number of hydrogen-bond acceptors (Lipinski definition) is 7. The Morgan fingerprint density at radius 2 is 2.15 bits per heavy atom. The van der Waals surface area contributed by atoms with Gasteiger partial charge in [-0.05, 0) is 18.2 Å². The van der Waals surface area contributed by atoms with Crippen molar-refractivity contribution >= 4 is 22.8 Å². The van der Waals surface area contributed by atoms with Crippen LogP contribution >= 0.6 is 0 Å². The Labute approximate surface area is 145 Å². The molecule has 0 aliphatic rings. The molecule has 0 aliphatic heterocycles. The second-order valence-electron chi connectivity index (χ2n) is 5.49. The summed E-state index contributed by atoms with van der Waals surface area (Å²) >= 11 is 0. The fourth-order valence-electron chi connectivity index (χ4n) is 2.64. The minimum Gasteiger partial charge on any atom is -0.463 e. The molecule has 0 radical (unpaired) electrons. The third kappa shape index (κ3) is 2.62. The number of nitro groups is 1. The van der Waals surface area contributed by atoms with Crippen LogP contribution in [-0.2, 0) is 6.54 Å². The first-order valence-corrected chi connectivity index (χ1v) is 7.48. The molecule has 4 rings (SSSR count). The Balaban J connectivity index is 1.82. The summed E-state index contributed by atoms with van der Waals surface area (Å²) in [6.07, 6.45) is 2.94. The number of halogens is 1. The smallest absolute Gasteiger partial charge is 0.269 e. The van der Waals surface area contributed by atoms with Gasteiger partial charge >= 0.3 is 0 Å². The van der Waals surface area contributed by atoms with Crippen LogP contribution in [0.1, 0.15) is 5.56 Å². The Hall–Kier alpha value is -3.82. The van der Waals surface area contributed by atoms with Gasteiger partial charge in [-0.2, -0.15) is 4.98 Å². The van der Waals surface area contributed by atoms with Gasteiger partial charge in [-0.3, -0.25) is 10.1 Å². The van der Waals surface area contributed by atoms with E-state index in [1.165, 1.54) is 18.7 Å². The third-order valence-corrected chi connectivity index (χ3v) is 3.82. The van der Waals surface area contributed by atoms with Crippen LogP contribution < -0.4 is 5.73 Å². The quantitative estimate of drug-likeness (QED) is 0.441. The van der Waals surface area contributed by atoms with Crippen molar-refractivity contribution in [3.63, 3.8) is 0 Å². The van der Waals surface area contributed by atoms with Crippen LogP contribution in [-0.4, -0.2) is 24.4 Å². The van der Waals surface area contributed by atoms with Crippen molar-refractivity contribution in [1.82, 2.24) is 19.5 Å². The van der Waals surface area contributed by atoms with Crippen LogP contribution in [0.4, 0.5) is 16.0 Å². The van der Waals surface area contributed by atoms with E-state index in [0.717, 1.165) is 12.1 Å². The zero-order valence-electron chi connectivity index (χ0n) is 13.2. The molecule has 130 valence electrons. The number of furan rings is 1. The van der Waals surface area contributed by atoms with Gasteiger partial charge < -0.3 is 14.7 Å². The number of aromatic nitrogens is 4. The minimum atomic E-state index is -0.579. The number of fused-ring (bicyclic) bond motifs is 1. The summed E-state index contributed by atoms with van der Waals surface area (Å²) < 4.78 is 21.0. The predicted octanol–water partition coefficient (Wildman–Crippen LogP) is 2.76. The number of nitrogen functional groups attached to an aromatic ring is 1. The van der Waals surface area contributed by atoms with Crippen molar-refractivity contribution in [3.05, 3.63) is 64.4 Å². The maximum atomic E-state index is 14.1. The Kier molecular flexibility index (Phi) is 3.57. The molecule has 26 heavy (non-hydrogen) atoms. The highest BCUT2D eigenvalue weighted by Crippen LogP contribution is 2.27. The van der Waals surface area contributed by atoms with E-state index in [2.05, 4.69) is 15.0 Å². The highest BCUT2D eigenvalue weighted by Gasteiger charge is 2.17. The molecule has 9 nitrogen and oxygen atoms in total. The van der Waals surface area contributed by atoms with Crippen molar-refractivity contribution < 1.29 is 13.7 Å². The molecule has 0 aliphatic carbocycles. The van der Waals surface area contributed by atoms with Crippen LogP contribution in [0.5, 0.6) is 0 Å². The van der Waals surface area contributed by atoms with Gasteiger partial charge in [0.1, 0.15) is 17.0 Å². The number of imidazole rings is 1. The Bertz CT molecular complexity index is 1120. The number of rotatable bonds is 4. The van der Waals surface area contributed by atoms with Crippen molar-refractivity contribution in [2.75, 3.05) is 5.73 Å². The SMILES string of the molecule is Nc1nc(-c2ccco2)c2ncn(Cc3cc([N+](=O)[O-])ccc3F)c2n1. The molecule has 10 heteroatoms. The van der Waals surface area contributed by atoms with Crippen LogP contribution in [0.15, 0.2) is 47.3 Å². The highest BCUT2D eigenvalue weighted by atomic mass is 19.1. The molecule has 0 amide bonds. The summed E-state index contributed by atoms with van der Waals surface area (Å²) in [5.41, 5.74) is 6.93. The Morgan fingerprint density at radius 1 is 1.31 bits per heavy atom. The molecule has 0 saturated carbocycles. The van der Waals surface area contributed by atoms with Gasteiger partial charge in [0.2, 0.25) is 5.95 Å². The van der Waals surface area contributed by atoms with Gasteiger partial charge in [0, 0.05) is 17.7 Å². The number of hydrogen-bond donors (Lipinski definition) is 1. The number of nitrogens with zero attached hydrogens (tertiary/aromatic N) is 5. The van der Waals surface area contributed by atoms with E-state index in [0.29, 0.717) is 22.6 Å². The van der Waals surface area contributed by atoms with Gasteiger partial charge in [0.05, 0.1) is 24.1 Å². The van der Waals surface area contributed by atoms with E-state index >= 15 is 0 Å². The maximum absolute atomic E-state index is 14.1. The first kappa shape index (κ1) is 15.7. The largest absolute Gasteiger partial charge is 0.463 e. The lowest BCUT2D eigenvalue weighted by atomic mass is 10.2. The van der Waals surface area contributed by atoms with Gasteiger partial charge in [-0.15, -0.1) is 0 Å². The average Bonchev–Trinajstić information content (AvgIpc) is 3.26. The maximum Gasteiger partial charge on any atom is 0.269 e. The van der Waals surface area contributed by atoms with Crippen molar-refractivity contribution in [3.8, 4) is 11.5 Å². The summed E-state index contributed by atoms with van der Waals surface area (Å²) in [4.78, 5) is 22.9. The topological polar surface area (TPSA) is 126 Å². The molecule has 4 aromatic rings. The lowest BCUT2D eigenvalue weighted by molar-refractivity contribution is -0.385.